The largest absolute Gasteiger partial charge is 0.462 e. The summed E-state index contributed by atoms with van der Waals surface area (Å²) in [6.45, 7) is 6.91. The lowest BCUT2D eigenvalue weighted by Crippen LogP contribution is -2.50. The van der Waals surface area contributed by atoms with Gasteiger partial charge in [0.05, 0.1) is 0 Å². The number of unbranched alkanes of at least 4 members (excludes halogenated alkanes) is 3. The Morgan fingerprint density at radius 2 is 1.83 bits per heavy atom. The molecule has 0 aliphatic heterocycles. The van der Waals surface area contributed by atoms with Crippen LogP contribution in [0.2, 0.25) is 0 Å². The van der Waals surface area contributed by atoms with Crippen molar-refractivity contribution < 1.29 is 14.3 Å². The Hall–Kier alpha value is -1.12. The zero-order valence-electron chi connectivity index (χ0n) is 18.8. The molecule has 3 nitrogen and oxygen atoms in total. The van der Waals surface area contributed by atoms with Gasteiger partial charge in [0.1, 0.15) is 11.9 Å². The van der Waals surface area contributed by atoms with E-state index in [2.05, 4.69) is 26.8 Å². The number of ether oxygens (including phenoxy) is 1. The summed E-state index contributed by atoms with van der Waals surface area (Å²) in [4.78, 5) is 24.8. The van der Waals surface area contributed by atoms with Gasteiger partial charge < -0.3 is 4.74 Å². The molecule has 6 atom stereocenters. The molecule has 0 bridgehead atoms. The molecule has 4 aliphatic carbocycles. The molecule has 162 valence electrons. The number of ketones is 1. The lowest BCUT2D eigenvalue weighted by molar-refractivity contribution is -0.151. The number of rotatable bonds is 6. The molecule has 0 aromatic heterocycles. The molecule has 0 amide bonds. The summed E-state index contributed by atoms with van der Waals surface area (Å²) in [7, 11) is 0. The Kier molecular flexibility index (Phi) is 5.97. The summed E-state index contributed by atoms with van der Waals surface area (Å²) in [6, 6.07) is 0. The van der Waals surface area contributed by atoms with E-state index < -0.39 is 0 Å². The van der Waals surface area contributed by atoms with Crippen LogP contribution in [0.25, 0.3) is 0 Å². The average Bonchev–Trinajstić information content (AvgIpc) is 3.00. The Balaban J connectivity index is 1.39. The number of allylic oxidation sites excluding steroid dienone is 1. The third-order valence-corrected chi connectivity index (χ3v) is 9.30. The lowest BCUT2D eigenvalue weighted by atomic mass is 9.48. The van der Waals surface area contributed by atoms with Crippen molar-refractivity contribution in [1.29, 1.82) is 0 Å². The summed E-state index contributed by atoms with van der Waals surface area (Å²) < 4.78 is 5.88. The van der Waals surface area contributed by atoms with Crippen LogP contribution in [0.1, 0.15) is 104 Å². The fourth-order valence-electron chi connectivity index (χ4n) is 7.44. The van der Waals surface area contributed by atoms with Gasteiger partial charge in [-0.15, -0.1) is 0 Å². The smallest absolute Gasteiger partial charge is 0.306 e. The monoisotopic (exact) mass is 400 g/mol. The Bertz CT molecular complexity index is 679. The van der Waals surface area contributed by atoms with E-state index in [1.54, 1.807) is 5.57 Å². The molecule has 0 saturated heterocycles. The molecular formula is C26H40O3. The molecule has 3 fully saturated rings. The van der Waals surface area contributed by atoms with Gasteiger partial charge in [-0.25, -0.2) is 0 Å². The molecule has 4 rings (SSSR count). The second-order valence-corrected chi connectivity index (χ2v) is 10.8. The van der Waals surface area contributed by atoms with Crippen molar-refractivity contribution in [2.45, 2.75) is 110 Å². The van der Waals surface area contributed by atoms with Crippen molar-refractivity contribution in [3.05, 3.63) is 11.6 Å². The van der Waals surface area contributed by atoms with Gasteiger partial charge >= 0.3 is 5.97 Å². The number of hydrogen-bond acceptors (Lipinski definition) is 3. The van der Waals surface area contributed by atoms with Gasteiger partial charge in [-0.3, -0.25) is 9.59 Å². The highest BCUT2D eigenvalue weighted by molar-refractivity contribution is 5.87. The highest BCUT2D eigenvalue weighted by atomic mass is 16.5. The first kappa shape index (κ1) is 21.1. The first-order chi connectivity index (χ1) is 13.9. The number of carbonyl (C=O) groups excluding carboxylic acids is 2. The zero-order valence-corrected chi connectivity index (χ0v) is 18.8. The van der Waals surface area contributed by atoms with Gasteiger partial charge in [0.25, 0.3) is 0 Å². The quantitative estimate of drug-likeness (QED) is 0.294. The van der Waals surface area contributed by atoms with Crippen molar-refractivity contribution in [2.75, 3.05) is 0 Å². The summed E-state index contributed by atoms with van der Waals surface area (Å²) in [5.41, 5.74) is 1.74. The van der Waals surface area contributed by atoms with Gasteiger partial charge in [-0.1, -0.05) is 51.7 Å². The standard InChI is InChI=1S/C26H40O3/c1-4-5-6-7-8-24(28)29-19-13-15-25(2)18(17-19)9-10-20-21-11-12-23(27)26(21,3)16-14-22(20)25/h9,19-22H,4-8,10-17H2,1-3H3/t19-,20-,21+,22+,25+,26+/m1/s1. The molecule has 0 spiro atoms. The minimum Gasteiger partial charge on any atom is -0.462 e. The Labute approximate surface area is 177 Å². The molecule has 0 aromatic rings. The van der Waals surface area contributed by atoms with E-state index in [0.29, 0.717) is 30.0 Å². The Morgan fingerprint density at radius 3 is 2.62 bits per heavy atom. The number of esters is 1. The van der Waals surface area contributed by atoms with Crippen LogP contribution in [-0.4, -0.2) is 17.9 Å². The van der Waals surface area contributed by atoms with Gasteiger partial charge in [-0.05, 0) is 68.1 Å². The molecule has 0 N–H and O–H groups in total. The fraction of sp³-hybridized carbons (Fsp3) is 0.846. The van der Waals surface area contributed by atoms with E-state index in [0.717, 1.165) is 57.8 Å². The van der Waals surface area contributed by atoms with E-state index in [1.807, 2.05) is 0 Å². The number of hydrogen-bond donors (Lipinski definition) is 0. The van der Waals surface area contributed by atoms with Gasteiger partial charge in [-0.2, -0.15) is 0 Å². The Morgan fingerprint density at radius 1 is 1.07 bits per heavy atom. The van der Waals surface area contributed by atoms with Crippen molar-refractivity contribution in [3.8, 4) is 0 Å². The molecule has 0 radical (unpaired) electrons. The van der Waals surface area contributed by atoms with Crippen molar-refractivity contribution in [3.63, 3.8) is 0 Å². The lowest BCUT2D eigenvalue weighted by Gasteiger charge is -2.56. The zero-order chi connectivity index (χ0) is 20.6. The minimum atomic E-state index is -0.0482. The van der Waals surface area contributed by atoms with Crippen LogP contribution >= 0.6 is 0 Å². The summed E-state index contributed by atoms with van der Waals surface area (Å²) in [5, 5.41) is 0. The molecule has 0 unspecified atom stereocenters. The maximum atomic E-state index is 12.6. The topological polar surface area (TPSA) is 43.4 Å². The fourth-order valence-corrected chi connectivity index (χ4v) is 7.44. The number of Topliss-reactive ketones (excluding diaryl/α,β-unsaturated/α-hetero) is 1. The van der Waals surface area contributed by atoms with Crippen molar-refractivity contribution in [2.24, 2.45) is 28.6 Å². The summed E-state index contributed by atoms with van der Waals surface area (Å²) in [5.74, 6) is 2.49. The van der Waals surface area contributed by atoms with Crippen LogP contribution in [0.5, 0.6) is 0 Å². The number of fused-ring (bicyclic) bond motifs is 5. The van der Waals surface area contributed by atoms with Crippen molar-refractivity contribution >= 4 is 11.8 Å². The maximum absolute atomic E-state index is 12.6. The predicted molar refractivity (Wildman–Crippen MR) is 115 cm³/mol. The molecule has 0 aromatic carbocycles. The highest BCUT2D eigenvalue weighted by Gasteiger charge is 2.58. The minimum absolute atomic E-state index is 0.00175. The summed E-state index contributed by atoms with van der Waals surface area (Å²) in [6.07, 6.45) is 16.0. The first-order valence-corrected chi connectivity index (χ1v) is 12.3. The van der Waals surface area contributed by atoms with Gasteiger partial charge in [0, 0.05) is 24.7 Å². The van der Waals surface area contributed by atoms with Crippen LogP contribution in [-0.2, 0) is 14.3 Å². The first-order valence-electron chi connectivity index (χ1n) is 12.3. The second kappa shape index (κ2) is 8.19. The molecule has 4 aliphatic rings. The van der Waals surface area contributed by atoms with E-state index in [4.69, 9.17) is 4.74 Å². The molecule has 0 heterocycles. The average molecular weight is 401 g/mol. The second-order valence-electron chi connectivity index (χ2n) is 10.8. The van der Waals surface area contributed by atoms with E-state index in [9.17, 15) is 9.59 Å². The normalized spacial score (nSPS) is 41.2. The third-order valence-electron chi connectivity index (χ3n) is 9.30. The van der Waals surface area contributed by atoms with E-state index >= 15 is 0 Å². The third kappa shape index (κ3) is 3.72. The molecule has 3 saturated carbocycles. The molecule has 29 heavy (non-hydrogen) atoms. The van der Waals surface area contributed by atoms with Crippen LogP contribution < -0.4 is 0 Å². The van der Waals surface area contributed by atoms with Crippen LogP contribution in [0.4, 0.5) is 0 Å². The van der Waals surface area contributed by atoms with Crippen LogP contribution in [0.15, 0.2) is 11.6 Å². The summed E-state index contributed by atoms with van der Waals surface area (Å²) >= 11 is 0. The van der Waals surface area contributed by atoms with E-state index in [-0.39, 0.29) is 22.9 Å². The van der Waals surface area contributed by atoms with Gasteiger partial charge in [0.15, 0.2) is 0 Å². The number of carbonyl (C=O) groups is 2. The highest BCUT2D eigenvalue weighted by Crippen LogP contribution is 2.64. The maximum Gasteiger partial charge on any atom is 0.306 e. The van der Waals surface area contributed by atoms with Gasteiger partial charge in [0.2, 0.25) is 0 Å². The molecular weight excluding hydrogens is 360 g/mol. The van der Waals surface area contributed by atoms with Crippen LogP contribution in [0.3, 0.4) is 0 Å². The van der Waals surface area contributed by atoms with Crippen molar-refractivity contribution in [1.82, 2.24) is 0 Å². The predicted octanol–water partition coefficient (Wildman–Crippen LogP) is 6.40. The van der Waals surface area contributed by atoms with Crippen LogP contribution in [0, 0.1) is 28.6 Å². The SMILES string of the molecule is CCCCCCC(=O)O[C@@H]1CC[C@@]2(C)C(=CC[C@H]3[C@@H]2CC[C@]2(C)C(=O)CC[C@@H]32)C1. The van der Waals surface area contributed by atoms with E-state index in [1.165, 1.54) is 19.3 Å². The molecule has 3 heteroatoms.